The molecule has 1 aromatic rings. The molecule has 1 aromatic heterocycles. The second-order valence-electron chi connectivity index (χ2n) is 10.00. The highest BCUT2D eigenvalue weighted by Gasteiger charge is 2.42. The van der Waals surface area contributed by atoms with E-state index in [1.54, 1.807) is 13.8 Å². The molecule has 10 nitrogen and oxygen atoms in total. The van der Waals surface area contributed by atoms with Crippen LogP contribution in [0.5, 0.6) is 5.88 Å². The summed E-state index contributed by atoms with van der Waals surface area (Å²) in [5.74, 6) is -3.06. The second-order valence-corrected chi connectivity index (χ2v) is 10.00. The molecule has 0 aromatic carbocycles. The number of rotatable bonds is 12. The van der Waals surface area contributed by atoms with Gasteiger partial charge in [0.1, 0.15) is 5.92 Å². The number of hydrogen-bond donors (Lipinski definition) is 1. The molecule has 2 heterocycles. The summed E-state index contributed by atoms with van der Waals surface area (Å²) in [5, 5.41) is 20.2. The van der Waals surface area contributed by atoms with E-state index in [0.717, 1.165) is 9.47 Å². The van der Waals surface area contributed by atoms with Gasteiger partial charge in [-0.3, -0.25) is 23.9 Å². The summed E-state index contributed by atoms with van der Waals surface area (Å²) in [6, 6.07) is 2.01. The maximum atomic E-state index is 13.2. The highest BCUT2D eigenvalue weighted by molar-refractivity contribution is 6.09. The Kier molecular flexibility index (Phi) is 11.7. The molecule has 1 saturated heterocycles. The van der Waals surface area contributed by atoms with Gasteiger partial charge in [0.05, 0.1) is 24.8 Å². The van der Waals surface area contributed by atoms with Gasteiger partial charge in [0.15, 0.2) is 5.88 Å². The molecule has 0 radical (unpaired) electrons. The van der Waals surface area contributed by atoms with Crippen LogP contribution in [0, 0.1) is 36.7 Å². The quantitative estimate of drug-likeness (QED) is 0.184. The lowest BCUT2D eigenvalue weighted by molar-refractivity contribution is -0.148. The summed E-state index contributed by atoms with van der Waals surface area (Å²) in [6.45, 7) is 19.4. The number of nitriles is 1. The summed E-state index contributed by atoms with van der Waals surface area (Å²) in [7, 11) is 0. The van der Waals surface area contributed by atoms with E-state index in [4.69, 9.17) is 16.0 Å². The number of likely N-dealkylation sites (tertiary alicyclic amines) is 1. The fourth-order valence-electron chi connectivity index (χ4n) is 4.31. The minimum absolute atomic E-state index is 0.0231. The van der Waals surface area contributed by atoms with Crippen molar-refractivity contribution in [2.24, 2.45) is 11.8 Å². The van der Waals surface area contributed by atoms with E-state index in [1.165, 1.54) is 18.2 Å². The van der Waals surface area contributed by atoms with E-state index in [2.05, 4.69) is 4.85 Å². The molecule has 0 saturated carbocycles. The molecular formula is C29H38N4O6. The smallest absolute Gasteiger partial charge is 0.258 e. The minimum atomic E-state index is -1.01. The van der Waals surface area contributed by atoms with Crippen LogP contribution in [-0.2, 0) is 25.6 Å². The van der Waals surface area contributed by atoms with Crippen LogP contribution in [-0.4, -0.2) is 58.4 Å². The lowest BCUT2D eigenvalue weighted by Crippen LogP contribution is -2.50. The van der Waals surface area contributed by atoms with Crippen LogP contribution in [0.2, 0.25) is 0 Å². The van der Waals surface area contributed by atoms with Crippen LogP contribution in [0.15, 0.2) is 22.5 Å². The Hall–Kier alpha value is -3.73. The Morgan fingerprint density at radius 2 is 1.69 bits per heavy atom. The molecule has 2 rings (SSSR count). The second kappa shape index (κ2) is 14.4. The molecule has 2 amide bonds. The van der Waals surface area contributed by atoms with Gasteiger partial charge >= 0.3 is 0 Å². The normalized spacial score (nSPS) is 18.9. The number of aromatic hydroxyl groups is 1. The zero-order valence-corrected chi connectivity index (χ0v) is 23.6. The number of ether oxygens (including phenoxy) is 2. The number of pyridine rings is 1. The van der Waals surface area contributed by atoms with Gasteiger partial charge in [-0.05, 0) is 53.0 Å². The Morgan fingerprint density at radius 3 is 2.23 bits per heavy atom. The van der Waals surface area contributed by atoms with Crippen LogP contribution in [0.4, 0.5) is 5.69 Å². The summed E-state index contributed by atoms with van der Waals surface area (Å²) < 4.78 is 12.2. The lowest BCUT2D eigenvalue weighted by atomic mass is 9.82. The fraction of sp³-hybridized carbons (Fsp3) is 0.552. The van der Waals surface area contributed by atoms with E-state index in [0.29, 0.717) is 31.6 Å². The predicted octanol–water partition coefficient (Wildman–Crippen LogP) is 4.13. The van der Waals surface area contributed by atoms with Crippen molar-refractivity contribution in [2.75, 3.05) is 19.8 Å². The topological polar surface area (TPSA) is 126 Å². The van der Waals surface area contributed by atoms with Gasteiger partial charge in [-0.25, -0.2) is 4.85 Å². The van der Waals surface area contributed by atoms with Crippen molar-refractivity contribution in [3.63, 3.8) is 0 Å². The molecule has 1 aliphatic rings. The first-order valence-corrected chi connectivity index (χ1v) is 13.2. The summed E-state index contributed by atoms with van der Waals surface area (Å²) in [5.41, 5.74) is 0.286. The number of aromatic nitrogens is 1. The minimum Gasteiger partial charge on any atom is -0.503 e. The largest absolute Gasteiger partial charge is 0.503 e. The Morgan fingerprint density at radius 1 is 1.10 bits per heavy atom. The van der Waals surface area contributed by atoms with E-state index in [-0.39, 0.29) is 42.1 Å². The van der Waals surface area contributed by atoms with E-state index in [1.807, 2.05) is 33.8 Å². The molecule has 1 N–H and O–H groups in total. The fourth-order valence-corrected chi connectivity index (χ4v) is 4.31. The first kappa shape index (κ1) is 31.5. The summed E-state index contributed by atoms with van der Waals surface area (Å²) in [4.78, 5) is 43.7. The summed E-state index contributed by atoms with van der Waals surface area (Å²) in [6.07, 6.45) is 5.46. The van der Waals surface area contributed by atoms with E-state index in [9.17, 15) is 24.8 Å². The average Bonchev–Trinajstić information content (AvgIpc) is 2.87. The van der Waals surface area contributed by atoms with Gasteiger partial charge in [0.2, 0.25) is 11.6 Å². The van der Waals surface area contributed by atoms with Crippen molar-refractivity contribution in [1.29, 1.82) is 5.26 Å². The van der Waals surface area contributed by atoms with Gasteiger partial charge < -0.3 is 14.6 Å². The average molecular weight is 539 g/mol. The number of carbonyl (C=O) groups is 2. The van der Waals surface area contributed by atoms with Crippen molar-refractivity contribution in [3.05, 3.63) is 50.6 Å². The van der Waals surface area contributed by atoms with Crippen LogP contribution >= 0.6 is 0 Å². The molecule has 2 unspecified atom stereocenters. The molecule has 0 spiro atoms. The zero-order valence-electron chi connectivity index (χ0n) is 23.6. The van der Waals surface area contributed by atoms with Gasteiger partial charge in [-0.2, -0.15) is 5.26 Å². The molecule has 2 atom stereocenters. The molecule has 10 heteroatoms. The maximum Gasteiger partial charge on any atom is 0.258 e. The zero-order chi connectivity index (χ0) is 29.3. The molecule has 1 fully saturated rings. The van der Waals surface area contributed by atoms with Crippen molar-refractivity contribution in [2.45, 2.75) is 73.1 Å². The molecule has 39 heavy (non-hydrogen) atoms. The number of imide groups is 1. The number of allylic oxidation sites excluding steroid dienone is 2. The number of hydrogen-bond acceptors (Lipinski definition) is 7. The van der Waals surface area contributed by atoms with Crippen LogP contribution in [0.25, 0.3) is 10.9 Å². The van der Waals surface area contributed by atoms with Gasteiger partial charge in [-0.1, -0.05) is 25.2 Å². The summed E-state index contributed by atoms with van der Waals surface area (Å²) >= 11 is 0. The third kappa shape index (κ3) is 7.66. The Labute approximate surface area is 229 Å². The number of carbonyl (C=O) groups excluding carboxylic acids is 2. The Bertz CT molecular complexity index is 1260. The van der Waals surface area contributed by atoms with Crippen LogP contribution in [0.1, 0.15) is 58.6 Å². The highest BCUT2D eigenvalue weighted by atomic mass is 16.5. The lowest BCUT2D eigenvalue weighted by Gasteiger charge is -2.33. The van der Waals surface area contributed by atoms with Gasteiger partial charge in [0.25, 0.3) is 11.5 Å². The Balaban J connectivity index is 2.39. The van der Waals surface area contributed by atoms with Crippen molar-refractivity contribution in [3.8, 4) is 11.9 Å². The number of piperidine rings is 1. The predicted molar refractivity (Wildman–Crippen MR) is 147 cm³/mol. The van der Waals surface area contributed by atoms with Crippen molar-refractivity contribution >= 4 is 23.6 Å². The maximum absolute atomic E-state index is 13.2. The van der Waals surface area contributed by atoms with Crippen LogP contribution in [0.3, 0.4) is 0 Å². The first-order valence-electron chi connectivity index (χ1n) is 13.2. The monoisotopic (exact) mass is 538 g/mol. The van der Waals surface area contributed by atoms with E-state index < -0.39 is 35.1 Å². The van der Waals surface area contributed by atoms with E-state index >= 15 is 0 Å². The SMILES string of the molecule is [C-]#[N+]c1c(C)c(C=CC=C2C(=O)N(CCCOC(C)C)C(=O)C(C#N)C2C)c(=O)n(CCCOC(C)C)c1O. The third-order valence-electron chi connectivity index (χ3n) is 6.46. The van der Waals surface area contributed by atoms with Gasteiger partial charge in [-0.15, -0.1) is 0 Å². The first-order chi connectivity index (χ1) is 18.5. The molecule has 1 aliphatic heterocycles. The molecular weight excluding hydrogens is 500 g/mol. The van der Waals surface area contributed by atoms with Gasteiger partial charge in [0, 0.05) is 43.4 Å². The highest BCUT2D eigenvalue weighted by Crippen LogP contribution is 2.32. The standard InChI is InChI=1S/C29H38N4O6/c1-18(2)38-15-9-13-32-26(34)22(20(5)24(17-30)28(32)36)11-8-12-23-21(6)25(31-7)29(37)33(27(23)35)14-10-16-39-19(3)4/h8,11-12,18-20,24,37H,9-10,13-16H2,1-6H3. The van der Waals surface area contributed by atoms with Crippen LogP contribution < -0.4 is 5.56 Å². The molecule has 210 valence electrons. The third-order valence-corrected chi connectivity index (χ3v) is 6.46. The van der Waals surface area contributed by atoms with Crippen molar-refractivity contribution < 1.29 is 24.2 Å². The van der Waals surface area contributed by atoms with Crippen molar-refractivity contribution in [1.82, 2.24) is 9.47 Å². The molecule has 0 bridgehead atoms. The number of amides is 2. The molecule has 0 aliphatic carbocycles. The number of nitrogens with zero attached hydrogens (tertiary/aromatic N) is 4.